The van der Waals surface area contributed by atoms with Gasteiger partial charge in [-0.2, -0.15) is 0 Å². The number of rotatable bonds is 3. The summed E-state index contributed by atoms with van der Waals surface area (Å²) in [6.45, 7) is 6.78. The molecule has 0 amide bonds. The van der Waals surface area contributed by atoms with Crippen molar-refractivity contribution in [3.8, 4) is 0 Å². The fraction of sp³-hybridized carbons (Fsp3) is 0.250. The van der Waals surface area contributed by atoms with Gasteiger partial charge in [-0.05, 0) is 31.2 Å². The van der Waals surface area contributed by atoms with Gasteiger partial charge in [0.05, 0.1) is 10.2 Å². The van der Waals surface area contributed by atoms with Crippen LogP contribution in [0.3, 0.4) is 0 Å². The molecule has 0 bridgehead atoms. The summed E-state index contributed by atoms with van der Waals surface area (Å²) in [5.41, 5.74) is 3.39. The van der Waals surface area contributed by atoms with Crippen LogP contribution in [0.5, 0.6) is 0 Å². The number of benzene rings is 1. The van der Waals surface area contributed by atoms with Crippen LogP contribution in [0.1, 0.15) is 17.5 Å². The van der Waals surface area contributed by atoms with Gasteiger partial charge in [0, 0.05) is 6.54 Å². The van der Waals surface area contributed by atoms with E-state index >= 15 is 0 Å². The highest BCUT2D eigenvalue weighted by atomic mass is 32.1. The smallest absolute Gasteiger partial charge is 0.119 e. The first kappa shape index (κ1) is 10.3. The highest BCUT2D eigenvalue weighted by Crippen LogP contribution is 2.28. The Hall–Kier alpha value is -1.19. The zero-order valence-corrected chi connectivity index (χ0v) is 9.82. The van der Waals surface area contributed by atoms with Crippen LogP contribution in [-0.2, 0) is 6.54 Å². The molecule has 0 atom stereocenters. The van der Waals surface area contributed by atoms with E-state index in [4.69, 9.17) is 0 Å². The Balaban J connectivity index is 2.59. The maximum Gasteiger partial charge on any atom is 0.119 e. The van der Waals surface area contributed by atoms with Gasteiger partial charge in [-0.15, -0.1) is 11.3 Å². The Morgan fingerprint density at radius 2 is 2.33 bits per heavy atom. The molecular formula is C12H14N2S. The fourth-order valence-electron chi connectivity index (χ4n) is 1.52. The lowest BCUT2D eigenvalue weighted by Gasteiger charge is -1.99. The van der Waals surface area contributed by atoms with Gasteiger partial charge in [0.15, 0.2) is 0 Å². The molecule has 0 fully saturated rings. The molecule has 2 rings (SSSR count). The molecule has 0 aliphatic carbocycles. The Labute approximate surface area is 93.7 Å². The molecule has 2 aromatic rings. The zero-order chi connectivity index (χ0) is 10.8. The van der Waals surface area contributed by atoms with Crippen LogP contribution in [0.4, 0.5) is 0 Å². The van der Waals surface area contributed by atoms with Crippen LogP contribution in [-0.4, -0.2) is 12.0 Å². The summed E-state index contributed by atoms with van der Waals surface area (Å²) in [4.78, 5) is 4.61. The van der Waals surface area contributed by atoms with Crippen LogP contribution in [0.25, 0.3) is 15.8 Å². The second-order valence-corrected chi connectivity index (χ2v) is 4.62. The quantitative estimate of drug-likeness (QED) is 0.856. The van der Waals surface area contributed by atoms with E-state index in [9.17, 15) is 0 Å². The van der Waals surface area contributed by atoms with Gasteiger partial charge in [0.25, 0.3) is 0 Å². The number of hydrogen-bond donors (Lipinski definition) is 1. The number of para-hydroxylation sites is 1. The van der Waals surface area contributed by atoms with E-state index in [0.717, 1.165) is 22.6 Å². The minimum Gasteiger partial charge on any atom is -0.316 e. The Morgan fingerprint density at radius 1 is 1.53 bits per heavy atom. The SMILES string of the molecule is C=C(C)c1nc2c(CNC)cccc2s1. The molecule has 2 nitrogen and oxygen atoms in total. The van der Waals surface area contributed by atoms with Crippen LogP contribution in [0.15, 0.2) is 24.8 Å². The van der Waals surface area contributed by atoms with Crippen LogP contribution >= 0.6 is 11.3 Å². The number of allylic oxidation sites excluding steroid dienone is 1. The summed E-state index contributed by atoms with van der Waals surface area (Å²) < 4.78 is 1.24. The molecule has 0 spiro atoms. The molecule has 15 heavy (non-hydrogen) atoms. The van der Waals surface area contributed by atoms with Crippen molar-refractivity contribution in [2.75, 3.05) is 7.05 Å². The first-order valence-corrected chi connectivity index (χ1v) is 5.73. The topological polar surface area (TPSA) is 24.9 Å². The second-order valence-electron chi connectivity index (χ2n) is 3.59. The largest absolute Gasteiger partial charge is 0.316 e. The van der Waals surface area contributed by atoms with Crippen molar-refractivity contribution in [2.24, 2.45) is 0 Å². The van der Waals surface area contributed by atoms with Crippen molar-refractivity contribution < 1.29 is 0 Å². The molecule has 1 heterocycles. The maximum absolute atomic E-state index is 4.61. The summed E-state index contributed by atoms with van der Waals surface area (Å²) >= 11 is 1.71. The van der Waals surface area contributed by atoms with E-state index in [1.807, 2.05) is 14.0 Å². The van der Waals surface area contributed by atoms with Gasteiger partial charge in [0.2, 0.25) is 0 Å². The standard InChI is InChI=1S/C12H14N2S/c1-8(2)12-14-11-9(7-13-3)5-4-6-10(11)15-12/h4-6,13H,1,7H2,2-3H3. The molecule has 3 heteroatoms. The predicted octanol–water partition coefficient (Wildman–Crippen LogP) is 3.05. The molecule has 0 aliphatic rings. The first-order valence-electron chi connectivity index (χ1n) is 4.91. The van der Waals surface area contributed by atoms with Gasteiger partial charge in [0.1, 0.15) is 5.01 Å². The van der Waals surface area contributed by atoms with Crippen LogP contribution in [0.2, 0.25) is 0 Å². The van der Waals surface area contributed by atoms with Crippen molar-refractivity contribution in [2.45, 2.75) is 13.5 Å². The van der Waals surface area contributed by atoms with Gasteiger partial charge >= 0.3 is 0 Å². The summed E-state index contributed by atoms with van der Waals surface area (Å²) in [5.74, 6) is 0. The van der Waals surface area contributed by atoms with Crippen molar-refractivity contribution in [3.63, 3.8) is 0 Å². The molecule has 0 unspecified atom stereocenters. The third-order valence-corrected chi connectivity index (χ3v) is 3.42. The molecular weight excluding hydrogens is 204 g/mol. The molecule has 1 aromatic carbocycles. The van der Waals surface area contributed by atoms with Crippen molar-refractivity contribution in [1.82, 2.24) is 10.3 Å². The first-order chi connectivity index (χ1) is 7.22. The monoisotopic (exact) mass is 218 g/mol. The average molecular weight is 218 g/mol. The molecule has 0 aliphatic heterocycles. The summed E-state index contributed by atoms with van der Waals surface area (Å²) in [5, 5.41) is 4.19. The van der Waals surface area contributed by atoms with Crippen molar-refractivity contribution in [1.29, 1.82) is 0 Å². The molecule has 0 radical (unpaired) electrons. The lowest BCUT2D eigenvalue weighted by atomic mass is 10.2. The molecule has 0 saturated heterocycles. The van der Waals surface area contributed by atoms with E-state index in [0.29, 0.717) is 0 Å². The van der Waals surface area contributed by atoms with Gasteiger partial charge in [-0.25, -0.2) is 4.98 Å². The number of hydrogen-bond acceptors (Lipinski definition) is 3. The lowest BCUT2D eigenvalue weighted by Crippen LogP contribution is -2.05. The molecule has 1 N–H and O–H groups in total. The minimum atomic E-state index is 0.858. The van der Waals surface area contributed by atoms with E-state index in [1.54, 1.807) is 11.3 Å². The Bertz CT molecular complexity index is 499. The average Bonchev–Trinajstić information content (AvgIpc) is 2.63. The Kier molecular flexibility index (Phi) is 2.84. The summed E-state index contributed by atoms with van der Waals surface area (Å²) in [6, 6.07) is 6.30. The Morgan fingerprint density at radius 3 is 3.00 bits per heavy atom. The van der Waals surface area contributed by atoms with Gasteiger partial charge in [-0.3, -0.25) is 0 Å². The van der Waals surface area contributed by atoms with Crippen molar-refractivity contribution >= 4 is 27.1 Å². The number of nitrogens with one attached hydrogen (secondary N) is 1. The molecule has 78 valence electrons. The number of nitrogens with zero attached hydrogens (tertiary/aromatic N) is 1. The zero-order valence-electron chi connectivity index (χ0n) is 9.00. The van der Waals surface area contributed by atoms with Crippen LogP contribution in [0, 0.1) is 0 Å². The van der Waals surface area contributed by atoms with E-state index in [-0.39, 0.29) is 0 Å². The van der Waals surface area contributed by atoms with Crippen LogP contribution < -0.4 is 5.32 Å². The van der Waals surface area contributed by atoms with E-state index in [1.165, 1.54) is 10.3 Å². The maximum atomic E-state index is 4.61. The highest BCUT2D eigenvalue weighted by molar-refractivity contribution is 7.19. The highest BCUT2D eigenvalue weighted by Gasteiger charge is 2.07. The third-order valence-electron chi connectivity index (χ3n) is 2.23. The molecule has 1 aromatic heterocycles. The number of thiazole rings is 1. The normalized spacial score (nSPS) is 10.8. The third kappa shape index (κ3) is 1.94. The predicted molar refractivity (Wildman–Crippen MR) is 67.1 cm³/mol. The van der Waals surface area contributed by atoms with Crippen molar-refractivity contribution in [3.05, 3.63) is 35.3 Å². The van der Waals surface area contributed by atoms with Gasteiger partial charge in [-0.1, -0.05) is 18.7 Å². The number of aromatic nitrogens is 1. The number of fused-ring (bicyclic) bond motifs is 1. The molecule has 0 saturated carbocycles. The van der Waals surface area contributed by atoms with E-state index < -0.39 is 0 Å². The van der Waals surface area contributed by atoms with E-state index in [2.05, 4.69) is 35.1 Å². The lowest BCUT2D eigenvalue weighted by molar-refractivity contribution is 0.822. The minimum absolute atomic E-state index is 0.858. The van der Waals surface area contributed by atoms with Gasteiger partial charge < -0.3 is 5.32 Å². The summed E-state index contributed by atoms with van der Waals surface area (Å²) in [7, 11) is 1.95. The summed E-state index contributed by atoms with van der Waals surface area (Å²) in [6.07, 6.45) is 0. The fourth-order valence-corrected chi connectivity index (χ4v) is 2.46. The second kappa shape index (κ2) is 4.13.